The molecule has 0 spiro atoms. The van der Waals surface area contributed by atoms with E-state index in [-0.39, 0.29) is 10.5 Å². The molecular weight excluding hydrogens is 314 g/mol. The molecule has 5 nitrogen and oxygen atoms in total. The number of ether oxygens (including phenoxy) is 1. The SMILES string of the molecule is COC(=O)c1cccc(S(=O)(=O)N(C)c2ccc(C)cc2)c1C. The highest BCUT2D eigenvalue weighted by atomic mass is 32.2. The summed E-state index contributed by atoms with van der Waals surface area (Å²) < 4.78 is 31.7. The molecule has 0 aromatic heterocycles. The van der Waals surface area contributed by atoms with Crippen LogP contribution >= 0.6 is 0 Å². The lowest BCUT2D eigenvalue weighted by molar-refractivity contribution is 0.0599. The third-order valence-corrected chi connectivity index (χ3v) is 5.66. The minimum atomic E-state index is -3.77. The Hall–Kier alpha value is -2.34. The molecule has 2 aromatic rings. The van der Waals surface area contributed by atoms with Crippen molar-refractivity contribution in [3.63, 3.8) is 0 Å². The van der Waals surface area contributed by atoms with Crippen molar-refractivity contribution < 1.29 is 17.9 Å². The number of nitrogens with zero attached hydrogens (tertiary/aromatic N) is 1. The minimum absolute atomic E-state index is 0.0866. The van der Waals surface area contributed by atoms with Gasteiger partial charge in [-0.2, -0.15) is 0 Å². The molecule has 0 aliphatic carbocycles. The third kappa shape index (κ3) is 3.22. The van der Waals surface area contributed by atoms with Gasteiger partial charge in [-0.25, -0.2) is 13.2 Å². The number of anilines is 1. The summed E-state index contributed by atoms with van der Waals surface area (Å²) in [6.07, 6.45) is 0. The van der Waals surface area contributed by atoms with Crippen LogP contribution < -0.4 is 4.31 Å². The molecule has 0 amide bonds. The zero-order valence-electron chi connectivity index (χ0n) is 13.5. The van der Waals surface area contributed by atoms with E-state index < -0.39 is 16.0 Å². The van der Waals surface area contributed by atoms with Gasteiger partial charge in [0.05, 0.1) is 23.3 Å². The van der Waals surface area contributed by atoms with E-state index in [0.29, 0.717) is 11.3 Å². The highest BCUT2D eigenvalue weighted by Crippen LogP contribution is 2.26. The summed E-state index contributed by atoms with van der Waals surface area (Å²) in [5, 5.41) is 0. The Morgan fingerprint density at radius 3 is 2.22 bits per heavy atom. The van der Waals surface area contributed by atoms with Crippen LogP contribution in [-0.4, -0.2) is 28.5 Å². The van der Waals surface area contributed by atoms with Gasteiger partial charge in [0.2, 0.25) is 0 Å². The van der Waals surface area contributed by atoms with Crippen molar-refractivity contribution in [1.29, 1.82) is 0 Å². The molecule has 122 valence electrons. The Labute approximate surface area is 136 Å². The van der Waals surface area contributed by atoms with Gasteiger partial charge < -0.3 is 4.74 Å². The van der Waals surface area contributed by atoms with Crippen molar-refractivity contribution in [3.05, 3.63) is 59.2 Å². The van der Waals surface area contributed by atoms with Gasteiger partial charge in [0, 0.05) is 7.05 Å². The molecule has 2 aromatic carbocycles. The summed E-state index contributed by atoms with van der Waals surface area (Å²) in [6.45, 7) is 3.53. The van der Waals surface area contributed by atoms with Crippen LogP contribution in [0.4, 0.5) is 5.69 Å². The summed E-state index contributed by atoms with van der Waals surface area (Å²) in [5.74, 6) is -0.558. The monoisotopic (exact) mass is 333 g/mol. The molecular formula is C17H19NO4S. The number of carbonyl (C=O) groups excluding carboxylic acids is 1. The van der Waals surface area contributed by atoms with E-state index >= 15 is 0 Å². The van der Waals surface area contributed by atoms with Crippen molar-refractivity contribution in [2.24, 2.45) is 0 Å². The van der Waals surface area contributed by atoms with Gasteiger partial charge in [0.25, 0.3) is 10.0 Å². The van der Waals surface area contributed by atoms with Crippen molar-refractivity contribution in [3.8, 4) is 0 Å². The van der Waals surface area contributed by atoms with E-state index in [0.717, 1.165) is 5.56 Å². The number of sulfonamides is 1. The third-order valence-electron chi connectivity index (χ3n) is 3.73. The fourth-order valence-corrected chi connectivity index (χ4v) is 3.71. The molecule has 0 saturated carbocycles. The lowest BCUT2D eigenvalue weighted by Gasteiger charge is -2.21. The van der Waals surface area contributed by atoms with Crippen LogP contribution in [0.5, 0.6) is 0 Å². The smallest absolute Gasteiger partial charge is 0.338 e. The number of hydrogen-bond donors (Lipinski definition) is 0. The summed E-state index contributed by atoms with van der Waals surface area (Å²) in [6, 6.07) is 11.7. The lowest BCUT2D eigenvalue weighted by Crippen LogP contribution is -2.27. The number of rotatable bonds is 4. The van der Waals surface area contributed by atoms with E-state index in [2.05, 4.69) is 0 Å². The molecule has 23 heavy (non-hydrogen) atoms. The number of hydrogen-bond acceptors (Lipinski definition) is 4. The largest absolute Gasteiger partial charge is 0.465 e. The highest BCUT2D eigenvalue weighted by molar-refractivity contribution is 7.92. The normalized spacial score (nSPS) is 11.1. The number of aryl methyl sites for hydroxylation is 1. The Balaban J connectivity index is 2.51. The zero-order chi connectivity index (χ0) is 17.2. The maximum atomic E-state index is 12.9. The molecule has 0 bridgehead atoms. The average Bonchev–Trinajstić information content (AvgIpc) is 2.54. The first-order valence-electron chi connectivity index (χ1n) is 7.02. The summed E-state index contributed by atoms with van der Waals surface area (Å²) in [7, 11) is -1.02. The summed E-state index contributed by atoms with van der Waals surface area (Å²) >= 11 is 0. The van der Waals surface area contributed by atoms with Crippen molar-refractivity contribution in [2.75, 3.05) is 18.5 Å². The quantitative estimate of drug-likeness (QED) is 0.807. The van der Waals surface area contributed by atoms with Crippen LogP contribution in [0.1, 0.15) is 21.5 Å². The topological polar surface area (TPSA) is 63.7 Å². The molecule has 2 rings (SSSR count). The van der Waals surface area contributed by atoms with E-state index in [1.54, 1.807) is 25.1 Å². The summed E-state index contributed by atoms with van der Waals surface area (Å²) in [4.78, 5) is 11.8. The Morgan fingerprint density at radius 2 is 1.65 bits per heavy atom. The van der Waals surface area contributed by atoms with E-state index in [1.807, 2.05) is 19.1 Å². The molecule has 0 atom stereocenters. The minimum Gasteiger partial charge on any atom is -0.465 e. The van der Waals surface area contributed by atoms with Crippen LogP contribution in [0.25, 0.3) is 0 Å². The number of benzene rings is 2. The number of methoxy groups -OCH3 is 1. The van der Waals surface area contributed by atoms with Crippen LogP contribution in [0, 0.1) is 13.8 Å². The highest BCUT2D eigenvalue weighted by Gasteiger charge is 2.25. The molecule has 0 radical (unpaired) electrons. The van der Waals surface area contributed by atoms with Gasteiger partial charge in [-0.15, -0.1) is 0 Å². The molecule has 0 N–H and O–H groups in total. The molecule has 0 unspecified atom stereocenters. The van der Waals surface area contributed by atoms with E-state index in [1.165, 1.54) is 30.6 Å². The molecule has 6 heteroatoms. The first-order chi connectivity index (χ1) is 10.8. The van der Waals surface area contributed by atoms with Crippen LogP contribution in [-0.2, 0) is 14.8 Å². The van der Waals surface area contributed by atoms with Gasteiger partial charge in [0.15, 0.2) is 0 Å². The Bertz CT molecular complexity index is 826. The van der Waals surface area contributed by atoms with Gasteiger partial charge in [0.1, 0.15) is 0 Å². The maximum absolute atomic E-state index is 12.9. The van der Waals surface area contributed by atoms with Gasteiger partial charge in [-0.3, -0.25) is 4.31 Å². The predicted molar refractivity (Wildman–Crippen MR) is 89.3 cm³/mol. The fourth-order valence-electron chi connectivity index (χ4n) is 2.27. The second kappa shape index (κ2) is 6.42. The molecule has 0 aliphatic heterocycles. The number of esters is 1. The van der Waals surface area contributed by atoms with E-state index in [4.69, 9.17) is 4.74 Å². The molecule has 0 fully saturated rings. The van der Waals surface area contributed by atoms with Crippen molar-refractivity contribution in [1.82, 2.24) is 0 Å². The Morgan fingerprint density at radius 1 is 1.04 bits per heavy atom. The second-order valence-corrected chi connectivity index (χ2v) is 7.17. The first kappa shape index (κ1) is 17.0. The molecule has 0 aliphatic rings. The zero-order valence-corrected chi connectivity index (χ0v) is 14.3. The Kier molecular flexibility index (Phi) is 4.75. The second-order valence-electron chi connectivity index (χ2n) is 5.23. The lowest BCUT2D eigenvalue weighted by atomic mass is 10.1. The van der Waals surface area contributed by atoms with Crippen LogP contribution in [0.3, 0.4) is 0 Å². The summed E-state index contributed by atoms with van der Waals surface area (Å²) in [5.41, 5.74) is 2.21. The van der Waals surface area contributed by atoms with Gasteiger partial charge >= 0.3 is 5.97 Å². The van der Waals surface area contributed by atoms with Crippen LogP contribution in [0.2, 0.25) is 0 Å². The van der Waals surface area contributed by atoms with Gasteiger partial charge in [-0.05, 0) is 43.7 Å². The predicted octanol–water partition coefficient (Wildman–Crippen LogP) is 2.92. The first-order valence-corrected chi connectivity index (χ1v) is 8.46. The standard InChI is InChI=1S/C17H19NO4S/c1-12-8-10-14(11-9-12)18(3)23(20,21)16-7-5-6-15(13(16)2)17(19)22-4/h5-11H,1-4H3. The maximum Gasteiger partial charge on any atom is 0.338 e. The van der Waals surface area contributed by atoms with Crippen molar-refractivity contribution in [2.45, 2.75) is 18.7 Å². The van der Waals surface area contributed by atoms with Crippen LogP contribution in [0.15, 0.2) is 47.4 Å². The van der Waals surface area contributed by atoms with Crippen molar-refractivity contribution >= 4 is 21.7 Å². The average molecular weight is 333 g/mol. The van der Waals surface area contributed by atoms with Gasteiger partial charge in [-0.1, -0.05) is 23.8 Å². The van der Waals surface area contributed by atoms with E-state index in [9.17, 15) is 13.2 Å². The fraction of sp³-hybridized carbons (Fsp3) is 0.235. The number of carbonyl (C=O) groups is 1. The molecule has 0 saturated heterocycles. The molecule has 0 heterocycles.